The number of carbonyl (C=O) groups excluding carboxylic acids is 1. The van der Waals surface area contributed by atoms with Gasteiger partial charge in [0.05, 0.1) is 7.11 Å². The SMILES string of the molecule is COc1cccc(Nc2nc(C)cc(C(=O)NCCc3ccc(Cl)cc3)n2)c1. The Morgan fingerprint density at radius 3 is 2.64 bits per heavy atom. The topological polar surface area (TPSA) is 76.1 Å². The first-order valence-corrected chi connectivity index (χ1v) is 9.21. The molecule has 0 saturated heterocycles. The van der Waals surface area contributed by atoms with E-state index in [-0.39, 0.29) is 5.91 Å². The van der Waals surface area contributed by atoms with E-state index in [2.05, 4.69) is 20.6 Å². The fraction of sp³-hybridized carbons (Fsp3) is 0.190. The smallest absolute Gasteiger partial charge is 0.270 e. The number of nitrogens with one attached hydrogen (secondary N) is 2. The number of ether oxygens (including phenoxy) is 1. The van der Waals surface area contributed by atoms with Gasteiger partial charge < -0.3 is 15.4 Å². The molecule has 28 heavy (non-hydrogen) atoms. The van der Waals surface area contributed by atoms with E-state index in [4.69, 9.17) is 16.3 Å². The summed E-state index contributed by atoms with van der Waals surface area (Å²) in [6, 6.07) is 16.6. The fourth-order valence-electron chi connectivity index (χ4n) is 2.63. The molecule has 0 radical (unpaired) electrons. The summed E-state index contributed by atoms with van der Waals surface area (Å²) in [4.78, 5) is 21.2. The monoisotopic (exact) mass is 396 g/mol. The van der Waals surface area contributed by atoms with Crippen LogP contribution in [0.5, 0.6) is 5.75 Å². The Labute approximate surface area is 168 Å². The third kappa shape index (κ3) is 5.44. The molecule has 7 heteroatoms. The highest BCUT2D eigenvalue weighted by atomic mass is 35.5. The van der Waals surface area contributed by atoms with E-state index in [1.165, 1.54) is 0 Å². The molecule has 0 unspecified atom stereocenters. The molecule has 0 aliphatic carbocycles. The van der Waals surface area contributed by atoms with E-state index in [0.717, 1.165) is 17.0 Å². The number of rotatable bonds is 7. The molecule has 0 aliphatic heterocycles. The minimum Gasteiger partial charge on any atom is -0.497 e. The zero-order chi connectivity index (χ0) is 19.9. The molecule has 0 saturated carbocycles. The maximum Gasteiger partial charge on any atom is 0.270 e. The van der Waals surface area contributed by atoms with Crippen molar-refractivity contribution in [2.45, 2.75) is 13.3 Å². The molecule has 0 bridgehead atoms. The van der Waals surface area contributed by atoms with Crippen LogP contribution in [-0.2, 0) is 6.42 Å². The van der Waals surface area contributed by atoms with Gasteiger partial charge in [0, 0.05) is 29.0 Å². The first-order valence-electron chi connectivity index (χ1n) is 8.83. The standard InChI is InChI=1S/C21H21ClN4O2/c1-14-12-19(20(27)23-11-10-15-6-8-16(22)9-7-15)26-21(24-14)25-17-4-3-5-18(13-17)28-2/h3-9,12-13H,10-11H2,1-2H3,(H,23,27)(H,24,25,26). The van der Waals surface area contributed by atoms with Crippen LogP contribution in [0.15, 0.2) is 54.6 Å². The largest absolute Gasteiger partial charge is 0.497 e. The number of nitrogens with zero attached hydrogens (tertiary/aromatic N) is 2. The predicted molar refractivity (Wildman–Crippen MR) is 111 cm³/mol. The summed E-state index contributed by atoms with van der Waals surface area (Å²) in [5.41, 5.74) is 2.89. The second-order valence-corrected chi connectivity index (χ2v) is 6.64. The molecular formula is C21H21ClN4O2. The Morgan fingerprint density at radius 2 is 1.89 bits per heavy atom. The van der Waals surface area contributed by atoms with E-state index >= 15 is 0 Å². The minimum absolute atomic E-state index is 0.242. The van der Waals surface area contributed by atoms with Crippen molar-refractivity contribution in [2.75, 3.05) is 19.0 Å². The molecule has 3 aromatic rings. The van der Waals surface area contributed by atoms with Gasteiger partial charge in [-0.05, 0) is 49.2 Å². The third-order valence-electron chi connectivity index (χ3n) is 4.03. The summed E-state index contributed by atoms with van der Waals surface area (Å²) >= 11 is 5.88. The molecule has 3 rings (SSSR count). The molecule has 0 aliphatic rings. The van der Waals surface area contributed by atoms with Crippen LogP contribution in [0.1, 0.15) is 21.7 Å². The maximum atomic E-state index is 12.5. The molecule has 0 atom stereocenters. The number of carbonyl (C=O) groups is 1. The van der Waals surface area contributed by atoms with Crippen molar-refractivity contribution >= 4 is 29.1 Å². The molecular weight excluding hydrogens is 376 g/mol. The number of halogens is 1. The molecule has 0 fully saturated rings. The minimum atomic E-state index is -0.242. The van der Waals surface area contributed by atoms with Crippen LogP contribution in [0, 0.1) is 6.92 Å². The molecule has 2 aromatic carbocycles. The number of amides is 1. The van der Waals surface area contributed by atoms with Gasteiger partial charge in [-0.2, -0.15) is 0 Å². The van der Waals surface area contributed by atoms with Crippen molar-refractivity contribution in [3.05, 3.63) is 76.6 Å². The number of aromatic nitrogens is 2. The van der Waals surface area contributed by atoms with Crippen LogP contribution in [0.25, 0.3) is 0 Å². The Bertz CT molecular complexity index is 961. The average Bonchev–Trinajstić information content (AvgIpc) is 2.69. The van der Waals surface area contributed by atoms with Gasteiger partial charge in [-0.25, -0.2) is 9.97 Å². The van der Waals surface area contributed by atoms with E-state index in [1.54, 1.807) is 13.2 Å². The molecule has 1 heterocycles. The van der Waals surface area contributed by atoms with Gasteiger partial charge in [-0.1, -0.05) is 29.8 Å². The van der Waals surface area contributed by atoms with Crippen molar-refractivity contribution < 1.29 is 9.53 Å². The van der Waals surface area contributed by atoms with Crippen LogP contribution < -0.4 is 15.4 Å². The van der Waals surface area contributed by atoms with Gasteiger partial charge in [0.15, 0.2) is 0 Å². The fourth-order valence-corrected chi connectivity index (χ4v) is 2.76. The number of aryl methyl sites for hydroxylation is 1. The summed E-state index contributed by atoms with van der Waals surface area (Å²) < 4.78 is 5.21. The van der Waals surface area contributed by atoms with Crippen molar-refractivity contribution in [1.29, 1.82) is 0 Å². The van der Waals surface area contributed by atoms with E-state index in [1.807, 2.05) is 55.5 Å². The number of methoxy groups -OCH3 is 1. The second kappa shape index (κ2) is 9.19. The van der Waals surface area contributed by atoms with Crippen LogP contribution >= 0.6 is 11.6 Å². The molecule has 1 aromatic heterocycles. The summed E-state index contributed by atoms with van der Waals surface area (Å²) in [6.07, 6.45) is 0.710. The van der Waals surface area contributed by atoms with Gasteiger partial charge in [-0.15, -0.1) is 0 Å². The Balaban J connectivity index is 1.64. The van der Waals surface area contributed by atoms with Crippen molar-refractivity contribution in [1.82, 2.24) is 15.3 Å². The van der Waals surface area contributed by atoms with Gasteiger partial charge in [0.2, 0.25) is 5.95 Å². The Morgan fingerprint density at radius 1 is 1.11 bits per heavy atom. The summed E-state index contributed by atoms with van der Waals surface area (Å²) in [6.45, 7) is 2.32. The highest BCUT2D eigenvalue weighted by Crippen LogP contribution is 2.19. The molecule has 1 amide bonds. The first-order chi connectivity index (χ1) is 13.5. The Kier molecular flexibility index (Phi) is 6.45. The summed E-state index contributed by atoms with van der Waals surface area (Å²) in [5.74, 6) is 0.835. The van der Waals surface area contributed by atoms with E-state index in [9.17, 15) is 4.79 Å². The van der Waals surface area contributed by atoms with Crippen molar-refractivity contribution in [2.24, 2.45) is 0 Å². The van der Waals surface area contributed by atoms with Crippen LogP contribution in [-0.4, -0.2) is 29.5 Å². The lowest BCUT2D eigenvalue weighted by Crippen LogP contribution is -2.27. The molecule has 0 spiro atoms. The second-order valence-electron chi connectivity index (χ2n) is 6.21. The molecule has 2 N–H and O–H groups in total. The lowest BCUT2D eigenvalue weighted by atomic mass is 10.1. The molecule has 144 valence electrons. The molecule has 6 nitrogen and oxygen atoms in total. The van der Waals surface area contributed by atoms with Crippen LogP contribution in [0.4, 0.5) is 11.6 Å². The zero-order valence-corrected chi connectivity index (χ0v) is 16.5. The van der Waals surface area contributed by atoms with E-state index in [0.29, 0.717) is 35.3 Å². The van der Waals surface area contributed by atoms with Gasteiger partial charge in [0.25, 0.3) is 5.91 Å². The third-order valence-corrected chi connectivity index (χ3v) is 4.28. The van der Waals surface area contributed by atoms with Crippen LogP contribution in [0.3, 0.4) is 0 Å². The van der Waals surface area contributed by atoms with Gasteiger partial charge >= 0.3 is 0 Å². The summed E-state index contributed by atoms with van der Waals surface area (Å²) in [7, 11) is 1.61. The Hall–Kier alpha value is -3.12. The average molecular weight is 397 g/mol. The van der Waals surface area contributed by atoms with Crippen LogP contribution in [0.2, 0.25) is 5.02 Å². The quantitative estimate of drug-likeness (QED) is 0.627. The zero-order valence-electron chi connectivity index (χ0n) is 15.7. The van der Waals surface area contributed by atoms with Gasteiger partial charge in [0.1, 0.15) is 11.4 Å². The van der Waals surface area contributed by atoms with Crippen molar-refractivity contribution in [3.63, 3.8) is 0 Å². The van der Waals surface area contributed by atoms with Crippen molar-refractivity contribution in [3.8, 4) is 5.75 Å². The number of benzene rings is 2. The number of anilines is 2. The number of hydrogen-bond acceptors (Lipinski definition) is 5. The highest BCUT2D eigenvalue weighted by Gasteiger charge is 2.11. The summed E-state index contributed by atoms with van der Waals surface area (Å²) in [5, 5.41) is 6.69. The lowest BCUT2D eigenvalue weighted by molar-refractivity contribution is 0.0949. The predicted octanol–water partition coefficient (Wildman–Crippen LogP) is 4.16. The normalized spacial score (nSPS) is 10.4. The van der Waals surface area contributed by atoms with E-state index < -0.39 is 0 Å². The lowest BCUT2D eigenvalue weighted by Gasteiger charge is -2.10. The maximum absolute atomic E-state index is 12.5. The van der Waals surface area contributed by atoms with Gasteiger partial charge in [-0.3, -0.25) is 4.79 Å². The number of hydrogen-bond donors (Lipinski definition) is 2. The highest BCUT2D eigenvalue weighted by molar-refractivity contribution is 6.30. The first kappa shape index (κ1) is 19.6.